The van der Waals surface area contributed by atoms with E-state index in [-0.39, 0.29) is 5.82 Å². The second kappa shape index (κ2) is 7.94. The van der Waals surface area contributed by atoms with Crippen LogP contribution in [-0.4, -0.2) is 24.9 Å². The molecule has 2 aromatic carbocycles. The van der Waals surface area contributed by atoms with Crippen molar-refractivity contribution in [2.24, 2.45) is 0 Å². The van der Waals surface area contributed by atoms with Crippen LogP contribution < -0.4 is 0 Å². The van der Waals surface area contributed by atoms with Gasteiger partial charge in [-0.05, 0) is 43.7 Å². The fourth-order valence-electron chi connectivity index (χ4n) is 2.87. The molecule has 30 heavy (non-hydrogen) atoms. The van der Waals surface area contributed by atoms with Crippen molar-refractivity contribution in [1.29, 1.82) is 0 Å². The Labute approximate surface area is 174 Å². The van der Waals surface area contributed by atoms with E-state index >= 15 is 0 Å². The van der Waals surface area contributed by atoms with Gasteiger partial charge in [-0.1, -0.05) is 41.2 Å². The molecule has 0 N–H and O–H groups in total. The van der Waals surface area contributed by atoms with Gasteiger partial charge in [-0.25, -0.2) is 0 Å². The fraction of sp³-hybridized carbons (Fsp3) is 0.200. The molecule has 154 valence electrons. The second-order valence-corrected chi connectivity index (χ2v) is 7.52. The van der Waals surface area contributed by atoms with Crippen LogP contribution >= 0.6 is 11.8 Å². The van der Waals surface area contributed by atoms with Gasteiger partial charge < -0.3 is 4.52 Å². The minimum Gasteiger partial charge on any atom is -0.338 e. The molecule has 0 fully saturated rings. The molecule has 0 radical (unpaired) electrons. The summed E-state index contributed by atoms with van der Waals surface area (Å²) in [6, 6.07) is 12.6. The van der Waals surface area contributed by atoms with Crippen molar-refractivity contribution in [1.82, 2.24) is 24.9 Å². The molecular formula is C20H16F3N5OS. The molecule has 4 rings (SSSR count). The first kappa shape index (κ1) is 20.1. The third kappa shape index (κ3) is 4.23. The van der Waals surface area contributed by atoms with Gasteiger partial charge in [0.05, 0.1) is 11.3 Å². The fourth-order valence-corrected chi connectivity index (χ4v) is 3.70. The lowest BCUT2D eigenvalue weighted by Gasteiger charge is -2.08. The normalized spacial score (nSPS) is 11.8. The maximum absolute atomic E-state index is 12.7. The molecule has 0 aliphatic carbocycles. The Morgan fingerprint density at radius 1 is 1.03 bits per heavy atom. The summed E-state index contributed by atoms with van der Waals surface area (Å²) < 4.78 is 45.3. The highest BCUT2D eigenvalue weighted by Gasteiger charge is 2.30. The molecule has 6 nitrogen and oxygen atoms in total. The summed E-state index contributed by atoms with van der Waals surface area (Å²) in [5, 5.41) is 12.9. The van der Waals surface area contributed by atoms with Gasteiger partial charge in [0.2, 0.25) is 11.7 Å². The zero-order valence-corrected chi connectivity index (χ0v) is 16.8. The minimum absolute atomic E-state index is 0.232. The first-order valence-corrected chi connectivity index (χ1v) is 9.92. The van der Waals surface area contributed by atoms with Crippen LogP contribution in [0, 0.1) is 13.8 Å². The lowest BCUT2D eigenvalue weighted by molar-refractivity contribution is -0.137. The number of hydrogen-bond acceptors (Lipinski definition) is 6. The van der Waals surface area contributed by atoms with E-state index in [0.717, 1.165) is 29.2 Å². The molecule has 0 amide bonds. The third-order valence-corrected chi connectivity index (χ3v) is 5.23. The molecule has 2 heterocycles. The Hall–Kier alpha value is -3.14. The Kier molecular flexibility index (Phi) is 5.33. The maximum Gasteiger partial charge on any atom is 0.416 e. The predicted octanol–water partition coefficient (Wildman–Crippen LogP) is 5.25. The van der Waals surface area contributed by atoms with Crippen LogP contribution in [0.5, 0.6) is 0 Å². The van der Waals surface area contributed by atoms with Gasteiger partial charge in [0.1, 0.15) is 5.82 Å². The number of aryl methyl sites for hydroxylation is 2. The molecule has 0 aliphatic rings. The lowest BCUT2D eigenvalue weighted by atomic mass is 10.1. The molecule has 0 atom stereocenters. The van der Waals surface area contributed by atoms with Crippen molar-refractivity contribution in [2.75, 3.05) is 0 Å². The standard InChI is InChI=1S/C20H16F3N5OS/c1-12-4-3-5-16(10-12)28-13(2)25-26-19(28)30-11-17-24-18(27-29-17)14-6-8-15(9-7-14)20(21,22)23/h3-10H,11H2,1-2H3. The van der Waals surface area contributed by atoms with Crippen LogP contribution in [0.15, 0.2) is 58.2 Å². The van der Waals surface area contributed by atoms with Crippen molar-refractivity contribution >= 4 is 11.8 Å². The van der Waals surface area contributed by atoms with E-state index in [1.165, 1.54) is 23.9 Å². The number of benzene rings is 2. The lowest BCUT2D eigenvalue weighted by Crippen LogP contribution is -2.04. The third-order valence-electron chi connectivity index (χ3n) is 4.32. The van der Waals surface area contributed by atoms with E-state index in [4.69, 9.17) is 4.52 Å². The highest BCUT2D eigenvalue weighted by atomic mass is 32.2. The Balaban J connectivity index is 1.50. The molecule has 0 bridgehead atoms. The Morgan fingerprint density at radius 3 is 2.50 bits per heavy atom. The number of thioether (sulfide) groups is 1. The van der Waals surface area contributed by atoms with E-state index in [0.29, 0.717) is 22.4 Å². The first-order valence-electron chi connectivity index (χ1n) is 8.93. The van der Waals surface area contributed by atoms with E-state index in [2.05, 4.69) is 20.3 Å². The number of rotatable bonds is 5. The molecule has 10 heteroatoms. The Bertz CT molecular complexity index is 1170. The van der Waals surface area contributed by atoms with Gasteiger partial charge in [0.25, 0.3) is 0 Å². The number of alkyl halides is 3. The van der Waals surface area contributed by atoms with E-state index < -0.39 is 11.7 Å². The largest absolute Gasteiger partial charge is 0.416 e. The zero-order chi connectivity index (χ0) is 21.3. The van der Waals surface area contributed by atoms with Crippen molar-refractivity contribution < 1.29 is 17.7 Å². The summed E-state index contributed by atoms with van der Waals surface area (Å²) in [6.07, 6.45) is -4.39. The average molecular weight is 431 g/mol. The van der Waals surface area contributed by atoms with E-state index in [9.17, 15) is 13.2 Å². The van der Waals surface area contributed by atoms with Gasteiger partial charge >= 0.3 is 6.18 Å². The average Bonchev–Trinajstić information content (AvgIpc) is 3.32. The van der Waals surface area contributed by atoms with Gasteiger partial charge in [-0.15, -0.1) is 10.2 Å². The maximum atomic E-state index is 12.7. The number of aromatic nitrogens is 5. The molecular weight excluding hydrogens is 415 g/mol. The van der Waals surface area contributed by atoms with E-state index in [1.54, 1.807) is 0 Å². The number of halogens is 3. The molecule has 0 unspecified atom stereocenters. The van der Waals surface area contributed by atoms with Crippen molar-refractivity contribution in [3.05, 3.63) is 71.4 Å². The first-order chi connectivity index (χ1) is 14.3. The van der Waals surface area contributed by atoms with E-state index in [1.807, 2.05) is 42.7 Å². The van der Waals surface area contributed by atoms with Crippen LogP contribution in [0.25, 0.3) is 17.1 Å². The molecule has 0 spiro atoms. The second-order valence-electron chi connectivity index (χ2n) is 6.58. The minimum atomic E-state index is -4.39. The highest BCUT2D eigenvalue weighted by molar-refractivity contribution is 7.98. The SMILES string of the molecule is Cc1cccc(-n2c(C)nnc2SCc2nc(-c3ccc(C(F)(F)F)cc3)no2)c1. The Morgan fingerprint density at radius 2 is 1.80 bits per heavy atom. The highest BCUT2D eigenvalue weighted by Crippen LogP contribution is 2.31. The molecule has 4 aromatic rings. The number of hydrogen-bond donors (Lipinski definition) is 0. The number of nitrogens with zero attached hydrogens (tertiary/aromatic N) is 5. The summed E-state index contributed by atoms with van der Waals surface area (Å²) in [7, 11) is 0. The molecule has 2 aromatic heterocycles. The van der Waals surface area contributed by atoms with Crippen LogP contribution in [-0.2, 0) is 11.9 Å². The summed E-state index contributed by atoms with van der Waals surface area (Å²) in [5.74, 6) is 1.67. The van der Waals surface area contributed by atoms with Crippen LogP contribution in [0.2, 0.25) is 0 Å². The van der Waals surface area contributed by atoms with Gasteiger partial charge in [-0.3, -0.25) is 4.57 Å². The van der Waals surface area contributed by atoms with Gasteiger partial charge in [0, 0.05) is 11.3 Å². The topological polar surface area (TPSA) is 69.6 Å². The molecule has 0 saturated carbocycles. The summed E-state index contributed by atoms with van der Waals surface area (Å²) in [5.41, 5.74) is 1.80. The molecule has 0 saturated heterocycles. The summed E-state index contributed by atoms with van der Waals surface area (Å²) >= 11 is 1.38. The van der Waals surface area contributed by atoms with Crippen molar-refractivity contribution in [2.45, 2.75) is 30.9 Å². The van der Waals surface area contributed by atoms with Crippen LogP contribution in [0.4, 0.5) is 13.2 Å². The quantitative estimate of drug-likeness (QED) is 0.402. The monoisotopic (exact) mass is 431 g/mol. The van der Waals surface area contributed by atoms with Crippen molar-refractivity contribution in [3.8, 4) is 17.1 Å². The van der Waals surface area contributed by atoms with Crippen LogP contribution in [0.3, 0.4) is 0 Å². The van der Waals surface area contributed by atoms with Gasteiger partial charge in [0.15, 0.2) is 5.16 Å². The van der Waals surface area contributed by atoms with Crippen molar-refractivity contribution in [3.63, 3.8) is 0 Å². The smallest absolute Gasteiger partial charge is 0.338 e. The zero-order valence-electron chi connectivity index (χ0n) is 16.0. The van der Waals surface area contributed by atoms with Gasteiger partial charge in [-0.2, -0.15) is 18.2 Å². The van der Waals surface area contributed by atoms with Crippen LogP contribution in [0.1, 0.15) is 22.8 Å². The predicted molar refractivity (Wildman–Crippen MR) is 105 cm³/mol. The summed E-state index contributed by atoms with van der Waals surface area (Å²) in [4.78, 5) is 4.27. The molecule has 0 aliphatic heterocycles. The summed E-state index contributed by atoms with van der Waals surface area (Å²) in [6.45, 7) is 3.88.